The number of fused-ring (bicyclic) bond motifs is 1. The molecular formula is C27H30N6O2. The molecule has 1 aromatic heterocycles. The summed E-state index contributed by atoms with van der Waals surface area (Å²) in [7, 11) is 0. The molecule has 1 aromatic carbocycles. The highest BCUT2D eigenvalue weighted by atomic mass is 16.5. The summed E-state index contributed by atoms with van der Waals surface area (Å²) in [4.78, 5) is 23.4. The molecule has 0 N–H and O–H groups in total. The van der Waals surface area contributed by atoms with Crippen LogP contribution in [0.2, 0.25) is 0 Å². The van der Waals surface area contributed by atoms with Crippen molar-refractivity contribution in [2.24, 2.45) is 20.9 Å². The van der Waals surface area contributed by atoms with Gasteiger partial charge < -0.3 is 19.3 Å². The largest absolute Gasteiger partial charge is 0.489 e. The fraction of sp³-hybridized carbons (Fsp3) is 0.407. The molecule has 2 aromatic rings. The predicted molar refractivity (Wildman–Crippen MR) is 138 cm³/mol. The van der Waals surface area contributed by atoms with Gasteiger partial charge >= 0.3 is 0 Å². The Morgan fingerprint density at radius 2 is 1.94 bits per heavy atom. The lowest BCUT2D eigenvalue weighted by Crippen LogP contribution is -2.44. The zero-order chi connectivity index (χ0) is 23.5. The number of dihydropyridines is 1. The predicted octanol–water partition coefficient (Wildman–Crippen LogP) is 3.53. The van der Waals surface area contributed by atoms with Gasteiger partial charge in [-0.05, 0) is 54.3 Å². The fourth-order valence-electron chi connectivity index (χ4n) is 5.12. The third-order valence-electron chi connectivity index (χ3n) is 6.99. The molecule has 4 aliphatic heterocycles. The second-order valence-corrected chi connectivity index (χ2v) is 9.19. The molecule has 2 saturated heterocycles. The summed E-state index contributed by atoms with van der Waals surface area (Å²) in [5, 5.41) is 0. The quantitative estimate of drug-likeness (QED) is 0.668. The summed E-state index contributed by atoms with van der Waals surface area (Å²) >= 11 is 0. The molecule has 4 aliphatic rings. The van der Waals surface area contributed by atoms with Crippen molar-refractivity contribution in [2.45, 2.75) is 18.9 Å². The highest BCUT2D eigenvalue weighted by molar-refractivity contribution is 6.09. The number of amidine groups is 1. The van der Waals surface area contributed by atoms with Crippen LogP contribution in [0.5, 0.6) is 5.75 Å². The number of allylic oxidation sites excluding steroid dienone is 1. The van der Waals surface area contributed by atoms with Crippen LogP contribution in [0.1, 0.15) is 24.4 Å². The maximum absolute atomic E-state index is 6.17. The smallest absolute Gasteiger partial charge is 0.223 e. The number of pyridine rings is 1. The number of nitrogens with zero attached hydrogens (tertiary/aromatic N) is 6. The first-order valence-electron chi connectivity index (χ1n) is 12.4. The molecule has 0 radical (unpaired) electrons. The number of ether oxygens (including phenoxy) is 2. The number of benzene rings is 1. The summed E-state index contributed by atoms with van der Waals surface area (Å²) in [6.07, 6.45) is 9.58. The third kappa shape index (κ3) is 4.71. The number of guanidine groups is 1. The maximum atomic E-state index is 6.17. The van der Waals surface area contributed by atoms with Crippen LogP contribution < -0.4 is 9.64 Å². The Hall–Kier alpha value is -3.52. The lowest BCUT2D eigenvalue weighted by Gasteiger charge is -2.34. The van der Waals surface area contributed by atoms with Crippen molar-refractivity contribution in [1.29, 1.82) is 0 Å². The molecule has 180 valence electrons. The average molecular weight is 471 g/mol. The van der Waals surface area contributed by atoms with Gasteiger partial charge in [-0.3, -0.25) is 9.98 Å². The number of anilines is 1. The van der Waals surface area contributed by atoms with Crippen molar-refractivity contribution in [3.8, 4) is 5.75 Å². The van der Waals surface area contributed by atoms with Gasteiger partial charge in [-0.2, -0.15) is 4.99 Å². The Morgan fingerprint density at radius 3 is 2.77 bits per heavy atom. The minimum Gasteiger partial charge on any atom is -0.489 e. The number of rotatable bonds is 5. The fourth-order valence-corrected chi connectivity index (χ4v) is 5.12. The monoisotopic (exact) mass is 470 g/mol. The standard InChI is InChI=1S/C27H30N6O2/c1-2-21(18-23(3-1)35-19-20-4-9-28-10-5-20)25-24-8-13-33(22-6-11-29-12-7-22)26(24)31-27(30-25)32-14-16-34-17-15-32/h1-4,6-7,9,11-12,18,24-25H,5,8,10,13-17,19H2. The van der Waals surface area contributed by atoms with E-state index in [2.05, 4.69) is 56.2 Å². The van der Waals surface area contributed by atoms with E-state index in [0.29, 0.717) is 19.8 Å². The van der Waals surface area contributed by atoms with Gasteiger partial charge in [0.25, 0.3) is 0 Å². The van der Waals surface area contributed by atoms with Crippen LogP contribution in [0.4, 0.5) is 5.69 Å². The van der Waals surface area contributed by atoms with E-state index < -0.39 is 0 Å². The first-order valence-corrected chi connectivity index (χ1v) is 12.4. The zero-order valence-electron chi connectivity index (χ0n) is 19.8. The van der Waals surface area contributed by atoms with Crippen LogP contribution in [-0.2, 0) is 4.74 Å². The molecular weight excluding hydrogens is 440 g/mol. The van der Waals surface area contributed by atoms with Crippen LogP contribution in [0.3, 0.4) is 0 Å². The van der Waals surface area contributed by atoms with E-state index in [9.17, 15) is 0 Å². The van der Waals surface area contributed by atoms with Gasteiger partial charge in [0, 0.05) is 56.4 Å². The minimum absolute atomic E-state index is 0.00300. The van der Waals surface area contributed by atoms with E-state index in [0.717, 1.165) is 62.3 Å². The minimum atomic E-state index is -0.00300. The van der Waals surface area contributed by atoms with Crippen molar-refractivity contribution < 1.29 is 9.47 Å². The topological polar surface area (TPSA) is 74.9 Å². The Bertz CT molecular complexity index is 1170. The van der Waals surface area contributed by atoms with E-state index >= 15 is 0 Å². The van der Waals surface area contributed by atoms with Gasteiger partial charge in [-0.15, -0.1) is 0 Å². The van der Waals surface area contributed by atoms with Crippen molar-refractivity contribution in [2.75, 3.05) is 50.9 Å². The Labute approximate surface area is 205 Å². The number of morpholine rings is 1. The average Bonchev–Trinajstić information content (AvgIpc) is 3.37. The molecule has 8 heteroatoms. The van der Waals surface area contributed by atoms with Crippen LogP contribution in [-0.4, -0.2) is 73.9 Å². The van der Waals surface area contributed by atoms with Crippen LogP contribution in [0.15, 0.2) is 75.4 Å². The Balaban J connectivity index is 1.30. The number of aromatic nitrogens is 1. The van der Waals surface area contributed by atoms with E-state index in [1.54, 1.807) is 0 Å². The maximum Gasteiger partial charge on any atom is 0.223 e. The molecule has 8 nitrogen and oxygen atoms in total. The van der Waals surface area contributed by atoms with Gasteiger partial charge in [-0.1, -0.05) is 12.1 Å². The molecule has 2 unspecified atom stereocenters. The SMILES string of the molecule is C1=NCCC(COc2cccc(C3N=C(N4CCOCC4)N=C4C3CCN4c3ccncc3)c2)=C1. The van der Waals surface area contributed by atoms with Crippen LogP contribution in [0, 0.1) is 5.92 Å². The Morgan fingerprint density at radius 1 is 1.06 bits per heavy atom. The van der Waals surface area contributed by atoms with E-state index in [-0.39, 0.29) is 12.0 Å². The summed E-state index contributed by atoms with van der Waals surface area (Å²) in [6.45, 7) is 5.38. The molecule has 0 saturated carbocycles. The summed E-state index contributed by atoms with van der Waals surface area (Å²) < 4.78 is 11.7. The van der Waals surface area contributed by atoms with E-state index in [1.165, 1.54) is 11.1 Å². The lowest BCUT2D eigenvalue weighted by atomic mass is 9.91. The first kappa shape index (κ1) is 22.0. The lowest BCUT2D eigenvalue weighted by molar-refractivity contribution is 0.0672. The van der Waals surface area contributed by atoms with E-state index in [1.807, 2.05) is 24.7 Å². The molecule has 0 amide bonds. The Kier molecular flexibility index (Phi) is 6.28. The van der Waals surface area contributed by atoms with Gasteiger partial charge in [-0.25, -0.2) is 4.99 Å². The molecule has 0 aliphatic carbocycles. The highest BCUT2D eigenvalue weighted by Gasteiger charge is 2.40. The first-order chi connectivity index (χ1) is 17.3. The van der Waals surface area contributed by atoms with Gasteiger partial charge in [0.2, 0.25) is 5.96 Å². The van der Waals surface area contributed by atoms with Crippen LogP contribution in [0.25, 0.3) is 0 Å². The molecule has 5 heterocycles. The summed E-state index contributed by atoms with van der Waals surface area (Å²) in [5.74, 6) is 3.00. The van der Waals surface area contributed by atoms with Gasteiger partial charge in [0.1, 0.15) is 18.2 Å². The van der Waals surface area contributed by atoms with E-state index in [4.69, 9.17) is 19.5 Å². The molecule has 2 atom stereocenters. The molecule has 2 fully saturated rings. The van der Waals surface area contributed by atoms with Crippen molar-refractivity contribution in [3.63, 3.8) is 0 Å². The summed E-state index contributed by atoms with van der Waals surface area (Å²) in [6, 6.07) is 12.5. The second-order valence-electron chi connectivity index (χ2n) is 9.19. The molecule has 0 bridgehead atoms. The zero-order valence-corrected chi connectivity index (χ0v) is 19.8. The third-order valence-corrected chi connectivity index (χ3v) is 6.99. The van der Waals surface area contributed by atoms with Crippen molar-refractivity contribution >= 4 is 23.7 Å². The number of aliphatic imine (C=N–C) groups is 3. The molecule has 6 rings (SSSR count). The number of hydrogen-bond acceptors (Lipinski definition) is 8. The molecule has 0 spiro atoms. The second kappa shape index (κ2) is 10.00. The van der Waals surface area contributed by atoms with Gasteiger partial charge in [0.05, 0.1) is 19.3 Å². The van der Waals surface area contributed by atoms with Crippen molar-refractivity contribution in [3.05, 3.63) is 66.0 Å². The van der Waals surface area contributed by atoms with Crippen molar-refractivity contribution in [1.82, 2.24) is 9.88 Å². The van der Waals surface area contributed by atoms with Gasteiger partial charge in [0.15, 0.2) is 0 Å². The highest BCUT2D eigenvalue weighted by Crippen LogP contribution is 2.40. The number of hydrogen-bond donors (Lipinski definition) is 0. The normalized spacial score (nSPS) is 23.9. The molecule has 35 heavy (non-hydrogen) atoms. The summed E-state index contributed by atoms with van der Waals surface area (Å²) in [5.41, 5.74) is 3.57. The van der Waals surface area contributed by atoms with Crippen LogP contribution >= 0.6 is 0 Å².